The Morgan fingerprint density at radius 2 is 2.25 bits per heavy atom. The zero-order valence-electron chi connectivity index (χ0n) is 8.93. The molecule has 1 aromatic rings. The van der Waals surface area contributed by atoms with Gasteiger partial charge in [0.25, 0.3) is 10.0 Å². The van der Waals surface area contributed by atoms with Crippen LogP contribution in [-0.4, -0.2) is 15.0 Å². The van der Waals surface area contributed by atoms with Gasteiger partial charge < -0.3 is 0 Å². The summed E-state index contributed by atoms with van der Waals surface area (Å²) in [5.41, 5.74) is 0. The van der Waals surface area contributed by atoms with Crippen molar-refractivity contribution in [2.24, 2.45) is 5.92 Å². The molecule has 1 rings (SSSR count). The fourth-order valence-electron chi connectivity index (χ4n) is 0.844. The highest BCUT2D eigenvalue weighted by Gasteiger charge is 2.17. The smallest absolute Gasteiger partial charge is 0.271 e. The third-order valence-corrected chi connectivity index (χ3v) is 4.24. The molecule has 0 aliphatic rings. The van der Waals surface area contributed by atoms with Gasteiger partial charge in [-0.2, -0.15) is 5.26 Å². The zero-order chi connectivity index (χ0) is 12.2. The molecule has 1 heterocycles. The molecule has 88 valence electrons. The highest BCUT2D eigenvalue weighted by molar-refractivity contribution is 7.91. The number of hydrogen-bond donors (Lipinski definition) is 1. The van der Waals surface area contributed by atoms with Crippen LogP contribution in [0.25, 0.3) is 0 Å². The van der Waals surface area contributed by atoms with Crippen molar-refractivity contribution < 1.29 is 13.3 Å². The summed E-state index contributed by atoms with van der Waals surface area (Å²) in [5.74, 6) is 0.237. The third-order valence-electron chi connectivity index (χ3n) is 1.54. The summed E-state index contributed by atoms with van der Waals surface area (Å²) in [7, 11) is -3.65. The topological polar surface area (TPSA) is 79.2 Å². The lowest BCUT2D eigenvalue weighted by Crippen LogP contribution is -2.25. The zero-order valence-corrected chi connectivity index (χ0v) is 10.6. The first-order valence-electron chi connectivity index (χ1n) is 4.59. The molecule has 0 amide bonds. The number of nitrogens with zero attached hydrogens (tertiary/aromatic N) is 1. The Balaban J connectivity index is 2.68. The molecular formula is C9H12N2O3S2. The number of thiophene rings is 1. The normalized spacial score (nSPS) is 11.6. The summed E-state index contributed by atoms with van der Waals surface area (Å²) >= 11 is 0.907. The lowest BCUT2D eigenvalue weighted by Gasteiger charge is -2.06. The molecular weight excluding hydrogens is 248 g/mol. The predicted molar refractivity (Wildman–Crippen MR) is 60.1 cm³/mol. The first-order valence-corrected chi connectivity index (χ1v) is 6.89. The van der Waals surface area contributed by atoms with Crippen LogP contribution in [0.3, 0.4) is 0 Å². The van der Waals surface area contributed by atoms with E-state index in [1.54, 1.807) is 0 Å². The molecule has 1 N–H and O–H groups in total. The fourth-order valence-corrected chi connectivity index (χ4v) is 2.74. The van der Waals surface area contributed by atoms with E-state index in [0.29, 0.717) is 11.5 Å². The second-order valence-corrected chi connectivity index (χ2v) is 6.48. The minimum atomic E-state index is -3.65. The van der Waals surface area contributed by atoms with Gasteiger partial charge in [-0.1, -0.05) is 18.7 Å². The van der Waals surface area contributed by atoms with E-state index in [2.05, 4.69) is 0 Å². The van der Waals surface area contributed by atoms with Crippen LogP contribution in [-0.2, 0) is 14.9 Å². The lowest BCUT2D eigenvalue weighted by molar-refractivity contribution is 0.0720. The molecule has 0 saturated carbocycles. The van der Waals surface area contributed by atoms with Crippen molar-refractivity contribution in [2.45, 2.75) is 18.1 Å². The summed E-state index contributed by atoms with van der Waals surface area (Å²) < 4.78 is 23.3. The molecule has 5 nitrogen and oxygen atoms in total. The van der Waals surface area contributed by atoms with Gasteiger partial charge in [-0.15, -0.1) is 11.3 Å². The van der Waals surface area contributed by atoms with Gasteiger partial charge in [0.05, 0.1) is 6.61 Å². The summed E-state index contributed by atoms with van der Waals surface area (Å²) in [6.07, 6.45) is 0. The monoisotopic (exact) mass is 260 g/mol. The van der Waals surface area contributed by atoms with Crippen LogP contribution in [0.1, 0.15) is 18.7 Å². The van der Waals surface area contributed by atoms with E-state index in [1.165, 1.54) is 12.1 Å². The van der Waals surface area contributed by atoms with Gasteiger partial charge in [0.1, 0.15) is 15.2 Å². The quantitative estimate of drug-likeness (QED) is 0.813. The highest BCUT2D eigenvalue weighted by atomic mass is 32.2. The second-order valence-electron chi connectivity index (χ2n) is 3.52. The van der Waals surface area contributed by atoms with Crippen LogP contribution < -0.4 is 4.89 Å². The molecule has 0 spiro atoms. The van der Waals surface area contributed by atoms with E-state index >= 15 is 0 Å². The Hall–Kier alpha value is -0.940. The van der Waals surface area contributed by atoms with Gasteiger partial charge in [0.2, 0.25) is 0 Å². The Bertz CT molecular complexity index is 485. The van der Waals surface area contributed by atoms with E-state index in [9.17, 15) is 8.42 Å². The van der Waals surface area contributed by atoms with E-state index < -0.39 is 10.0 Å². The Kier molecular flexibility index (Phi) is 4.44. The highest BCUT2D eigenvalue weighted by Crippen LogP contribution is 2.20. The third kappa shape index (κ3) is 3.57. The maximum absolute atomic E-state index is 11.6. The van der Waals surface area contributed by atoms with E-state index in [4.69, 9.17) is 10.1 Å². The standard InChI is InChI=1S/C9H12N2O3S2/c1-7(2)6-14-11-16(12,13)9-4-3-8(5-10)15-9/h3-4,7,11H,6H2,1-2H3. The summed E-state index contributed by atoms with van der Waals surface area (Å²) in [4.78, 5) is 7.21. The van der Waals surface area contributed by atoms with Crippen LogP contribution in [0.2, 0.25) is 0 Å². The Morgan fingerprint density at radius 1 is 1.56 bits per heavy atom. The van der Waals surface area contributed by atoms with Gasteiger partial charge in [0.15, 0.2) is 0 Å². The average molecular weight is 260 g/mol. The van der Waals surface area contributed by atoms with E-state index in [-0.39, 0.29) is 10.1 Å². The Morgan fingerprint density at radius 3 is 2.75 bits per heavy atom. The Labute approximate surface area is 98.7 Å². The van der Waals surface area contributed by atoms with Crippen molar-refractivity contribution in [1.29, 1.82) is 5.26 Å². The molecule has 0 bridgehead atoms. The molecule has 16 heavy (non-hydrogen) atoms. The number of nitriles is 1. The van der Waals surface area contributed by atoms with E-state index in [1.807, 2.05) is 24.8 Å². The van der Waals surface area contributed by atoms with E-state index in [0.717, 1.165) is 11.3 Å². The first-order chi connectivity index (χ1) is 7.45. The lowest BCUT2D eigenvalue weighted by atomic mass is 10.2. The van der Waals surface area contributed by atoms with Gasteiger partial charge in [-0.3, -0.25) is 4.84 Å². The number of nitrogens with one attached hydrogen (secondary N) is 1. The van der Waals surface area contributed by atoms with Crippen LogP contribution in [0.4, 0.5) is 0 Å². The maximum atomic E-state index is 11.6. The second kappa shape index (κ2) is 5.41. The maximum Gasteiger partial charge on any atom is 0.271 e. The first kappa shape index (κ1) is 13.1. The molecule has 0 fully saturated rings. The number of sulfonamides is 1. The molecule has 0 aliphatic carbocycles. The summed E-state index contributed by atoms with van der Waals surface area (Å²) in [5, 5.41) is 8.58. The molecule has 0 unspecified atom stereocenters. The summed E-state index contributed by atoms with van der Waals surface area (Å²) in [6, 6.07) is 4.72. The molecule has 1 aromatic heterocycles. The van der Waals surface area contributed by atoms with Gasteiger partial charge >= 0.3 is 0 Å². The predicted octanol–water partition coefficient (Wildman–Crippen LogP) is 1.49. The van der Waals surface area contributed by atoms with Gasteiger partial charge in [0, 0.05) is 0 Å². The largest absolute Gasteiger partial charge is 0.287 e. The van der Waals surface area contributed by atoms with Crippen molar-refractivity contribution in [1.82, 2.24) is 4.89 Å². The SMILES string of the molecule is CC(C)CONS(=O)(=O)c1ccc(C#N)s1. The van der Waals surface area contributed by atoms with Gasteiger partial charge in [-0.25, -0.2) is 8.42 Å². The van der Waals surface area contributed by atoms with Crippen molar-refractivity contribution in [3.05, 3.63) is 17.0 Å². The fraction of sp³-hybridized carbons (Fsp3) is 0.444. The van der Waals surface area contributed by atoms with Crippen molar-refractivity contribution in [2.75, 3.05) is 6.61 Å². The van der Waals surface area contributed by atoms with Crippen LogP contribution in [0.15, 0.2) is 16.3 Å². The van der Waals surface area contributed by atoms with Crippen molar-refractivity contribution in [3.8, 4) is 6.07 Å². The van der Waals surface area contributed by atoms with Crippen molar-refractivity contribution in [3.63, 3.8) is 0 Å². The average Bonchev–Trinajstić information content (AvgIpc) is 2.65. The molecule has 0 radical (unpaired) electrons. The number of rotatable bonds is 5. The van der Waals surface area contributed by atoms with Crippen LogP contribution in [0.5, 0.6) is 0 Å². The molecule has 0 atom stereocenters. The minimum absolute atomic E-state index is 0.0767. The van der Waals surface area contributed by atoms with Crippen molar-refractivity contribution >= 4 is 21.4 Å². The molecule has 0 aromatic carbocycles. The van der Waals surface area contributed by atoms with Crippen LogP contribution >= 0.6 is 11.3 Å². The summed E-state index contributed by atoms with van der Waals surface area (Å²) in [6.45, 7) is 4.12. The molecule has 7 heteroatoms. The van der Waals surface area contributed by atoms with Crippen LogP contribution in [0, 0.1) is 17.2 Å². The minimum Gasteiger partial charge on any atom is -0.287 e. The molecule has 0 aliphatic heterocycles. The number of hydrogen-bond acceptors (Lipinski definition) is 5. The van der Waals surface area contributed by atoms with Gasteiger partial charge in [-0.05, 0) is 18.1 Å². The molecule has 0 saturated heterocycles.